The summed E-state index contributed by atoms with van der Waals surface area (Å²) in [7, 11) is 0. The number of carbonyl (C=O) groups excluding carboxylic acids is 2. The minimum absolute atomic E-state index is 0.0240. The van der Waals surface area contributed by atoms with Crippen LogP contribution in [0.4, 0.5) is 18.9 Å². The molecule has 2 aromatic carbocycles. The molecule has 0 saturated carbocycles. The van der Waals surface area contributed by atoms with Crippen LogP contribution in [-0.2, 0) is 0 Å². The van der Waals surface area contributed by atoms with Crippen LogP contribution in [0.1, 0.15) is 20.7 Å². The number of nitrogens with zero attached hydrogens (tertiary/aromatic N) is 1. The Morgan fingerprint density at radius 1 is 0.962 bits per heavy atom. The van der Waals surface area contributed by atoms with E-state index < -0.39 is 22.2 Å². The minimum Gasteiger partial charge on any atom is -0.267 e. The lowest BCUT2D eigenvalue weighted by Crippen LogP contribution is -2.41. The van der Waals surface area contributed by atoms with E-state index in [0.717, 1.165) is 18.2 Å². The molecule has 2 amide bonds. The number of benzene rings is 2. The topological polar surface area (TPSA) is 101 Å². The minimum atomic E-state index is -4.43. The zero-order chi connectivity index (χ0) is 19.3. The van der Waals surface area contributed by atoms with Crippen LogP contribution in [0.3, 0.4) is 0 Å². The number of rotatable bonds is 4. The lowest BCUT2D eigenvalue weighted by molar-refractivity contribution is -0.384. The average Bonchev–Trinajstić information content (AvgIpc) is 2.58. The van der Waals surface area contributed by atoms with Crippen molar-refractivity contribution < 1.29 is 27.7 Å². The number of nitro benzene ring substituents is 1. The van der Waals surface area contributed by atoms with Crippen molar-refractivity contribution in [3.8, 4) is 0 Å². The monoisotopic (exact) mass is 385 g/mol. The Kier molecular flexibility index (Phi) is 5.82. The summed E-state index contributed by atoms with van der Waals surface area (Å²) in [5.41, 5.74) is -0.599. The van der Waals surface area contributed by atoms with Crippen LogP contribution in [0, 0.1) is 10.1 Å². The molecule has 0 bridgehead atoms. The van der Waals surface area contributed by atoms with E-state index >= 15 is 0 Å². The standard InChI is InChI=1S/C15H10F3N3O4S/c16-15(17,18)26-12-6-4-9(5-7-12)13(22)19-20-14(23)10-2-1-3-11(8-10)21(24)25/h1-8H,(H,19,22)(H,20,23). The van der Waals surface area contributed by atoms with Gasteiger partial charge in [0.1, 0.15) is 0 Å². The van der Waals surface area contributed by atoms with Gasteiger partial charge in [-0.25, -0.2) is 0 Å². The number of alkyl halides is 3. The van der Waals surface area contributed by atoms with Crippen molar-refractivity contribution in [3.63, 3.8) is 0 Å². The summed E-state index contributed by atoms with van der Waals surface area (Å²) in [5, 5.41) is 10.7. The van der Waals surface area contributed by atoms with Crippen molar-refractivity contribution in [2.75, 3.05) is 0 Å². The number of hydrazine groups is 1. The first-order chi connectivity index (χ1) is 12.2. The van der Waals surface area contributed by atoms with E-state index in [0.29, 0.717) is 0 Å². The number of carbonyl (C=O) groups is 2. The van der Waals surface area contributed by atoms with E-state index in [1.807, 2.05) is 0 Å². The van der Waals surface area contributed by atoms with Gasteiger partial charge in [-0.3, -0.25) is 30.6 Å². The maximum absolute atomic E-state index is 12.2. The maximum atomic E-state index is 12.2. The summed E-state index contributed by atoms with van der Waals surface area (Å²) in [6.07, 6.45) is 0. The normalized spacial score (nSPS) is 10.9. The van der Waals surface area contributed by atoms with Crippen LogP contribution in [0.25, 0.3) is 0 Å². The Hall–Kier alpha value is -3.08. The second-order valence-corrected chi connectivity index (χ2v) is 5.93. The number of non-ortho nitro benzene ring substituents is 1. The van der Waals surface area contributed by atoms with Crippen LogP contribution >= 0.6 is 11.8 Å². The second-order valence-electron chi connectivity index (χ2n) is 4.79. The molecule has 2 rings (SSSR count). The number of thioether (sulfide) groups is 1. The molecule has 136 valence electrons. The van der Waals surface area contributed by atoms with Crippen LogP contribution in [0.5, 0.6) is 0 Å². The number of halogens is 3. The predicted octanol–water partition coefficient (Wildman–Crippen LogP) is 3.28. The maximum Gasteiger partial charge on any atom is 0.446 e. The van der Waals surface area contributed by atoms with Gasteiger partial charge in [0.2, 0.25) is 0 Å². The molecule has 2 N–H and O–H groups in total. The largest absolute Gasteiger partial charge is 0.446 e. The first kappa shape index (κ1) is 19.2. The van der Waals surface area contributed by atoms with Gasteiger partial charge in [0.15, 0.2) is 0 Å². The van der Waals surface area contributed by atoms with E-state index in [1.165, 1.54) is 30.3 Å². The third kappa shape index (κ3) is 5.48. The lowest BCUT2D eigenvalue weighted by Gasteiger charge is -2.09. The molecule has 0 spiro atoms. The molecule has 7 nitrogen and oxygen atoms in total. The van der Waals surface area contributed by atoms with Gasteiger partial charge in [0.05, 0.1) is 4.92 Å². The molecule has 0 aromatic heterocycles. The quantitative estimate of drug-likeness (QED) is 0.478. The zero-order valence-corrected chi connectivity index (χ0v) is 13.6. The van der Waals surface area contributed by atoms with Crippen molar-refractivity contribution in [1.29, 1.82) is 0 Å². The van der Waals surface area contributed by atoms with Crippen LogP contribution in [-0.4, -0.2) is 22.2 Å². The summed E-state index contributed by atoms with van der Waals surface area (Å²) < 4.78 is 36.7. The van der Waals surface area contributed by atoms with E-state index in [1.54, 1.807) is 0 Å². The molecule has 0 unspecified atom stereocenters. The Balaban J connectivity index is 1.96. The number of hydrogen-bond donors (Lipinski definition) is 2. The van der Waals surface area contributed by atoms with Crippen LogP contribution in [0.15, 0.2) is 53.4 Å². The van der Waals surface area contributed by atoms with E-state index in [2.05, 4.69) is 10.9 Å². The fraction of sp³-hybridized carbons (Fsp3) is 0.0667. The van der Waals surface area contributed by atoms with Gasteiger partial charge in [0, 0.05) is 28.2 Å². The highest BCUT2D eigenvalue weighted by Gasteiger charge is 2.29. The van der Waals surface area contributed by atoms with Gasteiger partial charge in [-0.1, -0.05) is 6.07 Å². The number of nitro groups is 1. The summed E-state index contributed by atoms with van der Waals surface area (Å²) in [5.74, 6) is -1.54. The molecule has 26 heavy (non-hydrogen) atoms. The SMILES string of the molecule is O=C(NNC(=O)c1cccc([N+](=O)[O-])c1)c1ccc(SC(F)(F)F)cc1. The van der Waals surface area contributed by atoms with E-state index in [4.69, 9.17) is 0 Å². The first-order valence-electron chi connectivity index (χ1n) is 6.86. The predicted molar refractivity (Wildman–Crippen MR) is 86.4 cm³/mol. The Bertz CT molecular complexity index is 841. The molecule has 0 fully saturated rings. The Morgan fingerprint density at radius 3 is 2.08 bits per heavy atom. The van der Waals surface area contributed by atoms with Gasteiger partial charge < -0.3 is 0 Å². The second kappa shape index (κ2) is 7.87. The molecule has 0 aliphatic heterocycles. The Morgan fingerprint density at radius 2 is 1.54 bits per heavy atom. The van der Waals surface area contributed by atoms with Gasteiger partial charge in [-0.2, -0.15) is 13.2 Å². The van der Waals surface area contributed by atoms with Crippen molar-refractivity contribution in [1.82, 2.24) is 10.9 Å². The molecule has 0 saturated heterocycles. The van der Waals surface area contributed by atoms with Crippen molar-refractivity contribution >= 4 is 29.3 Å². The average molecular weight is 385 g/mol. The fourth-order valence-corrected chi connectivity index (χ4v) is 2.37. The molecular formula is C15H10F3N3O4S. The first-order valence-corrected chi connectivity index (χ1v) is 7.68. The van der Waals surface area contributed by atoms with Crippen LogP contribution < -0.4 is 10.9 Å². The molecule has 2 aromatic rings. The molecule has 0 heterocycles. The zero-order valence-electron chi connectivity index (χ0n) is 12.7. The van der Waals surface area contributed by atoms with E-state index in [9.17, 15) is 32.9 Å². The van der Waals surface area contributed by atoms with Crippen molar-refractivity contribution in [2.45, 2.75) is 10.4 Å². The molecule has 11 heteroatoms. The molecule has 0 atom stereocenters. The van der Waals surface area contributed by atoms with Crippen molar-refractivity contribution in [2.24, 2.45) is 0 Å². The van der Waals surface area contributed by atoms with Gasteiger partial charge in [-0.15, -0.1) is 0 Å². The van der Waals surface area contributed by atoms with Gasteiger partial charge in [0.25, 0.3) is 17.5 Å². The van der Waals surface area contributed by atoms with Crippen LogP contribution in [0.2, 0.25) is 0 Å². The van der Waals surface area contributed by atoms with E-state index in [-0.39, 0.29) is 33.5 Å². The third-order valence-electron chi connectivity index (χ3n) is 2.96. The number of nitrogens with one attached hydrogen (secondary N) is 2. The lowest BCUT2D eigenvalue weighted by atomic mass is 10.2. The highest BCUT2D eigenvalue weighted by Crippen LogP contribution is 2.36. The molecule has 0 aliphatic carbocycles. The number of hydrogen-bond acceptors (Lipinski definition) is 5. The molecular weight excluding hydrogens is 375 g/mol. The smallest absolute Gasteiger partial charge is 0.267 e. The summed E-state index contributed by atoms with van der Waals surface area (Å²) in [6.45, 7) is 0. The number of amides is 2. The molecule has 0 radical (unpaired) electrons. The van der Waals surface area contributed by atoms with Crippen molar-refractivity contribution in [3.05, 3.63) is 69.8 Å². The third-order valence-corrected chi connectivity index (χ3v) is 3.70. The Labute approximate surface area is 148 Å². The highest BCUT2D eigenvalue weighted by molar-refractivity contribution is 8.00. The summed E-state index contributed by atoms with van der Waals surface area (Å²) in [4.78, 5) is 33.7. The fourth-order valence-electron chi connectivity index (χ4n) is 1.83. The summed E-state index contributed by atoms with van der Waals surface area (Å²) in [6, 6.07) is 9.45. The highest BCUT2D eigenvalue weighted by atomic mass is 32.2. The molecule has 0 aliphatic rings. The summed E-state index contributed by atoms with van der Waals surface area (Å²) >= 11 is -0.316. The van der Waals surface area contributed by atoms with Gasteiger partial charge >= 0.3 is 5.51 Å². The van der Waals surface area contributed by atoms with Gasteiger partial charge in [-0.05, 0) is 42.1 Å².